The van der Waals surface area contributed by atoms with Crippen molar-refractivity contribution >= 4 is 38.7 Å². The third kappa shape index (κ3) is 2.51. The van der Waals surface area contributed by atoms with Crippen molar-refractivity contribution in [3.8, 4) is 0 Å². The average molecular weight is 296 g/mol. The Hall–Kier alpha value is -1.13. The number of carbonyl (C=O) groups is 1. The lowest BCUT2D eigenvalue weighted by atomic mass is 10.1. The number of nitrogen functional groups attached to an aromatic ring is 1. The summed E-state index contributed by atoms with van der Waals surface area (Å²) in [6, 6.07) is 9.13. The number of Topliss-reactive ketones (excluding diaryl/α,β-unsaturated/α-hetero) is 1. The molecule has 16 heavy (non-hydrogen) atoms. The Morgan fingerprint density at radius 3 is 2.75 bits per heavy atom. The lowest BCUT2D eigenvalue weighted by Crippen LogP contribution is -2.05. The second-order valence-electron chi connectivity index (χ2n) is 3.42. The largest absolute Gasteiger partial charge is 0.398 e. The molecule has 2 nitrogen and oxygen atoms in total. The number of hydrogen-bond donors (Lipinski definition) is 1. The lowest BCUT2D eigenvalue weighted by Gasteiger charge is -2.02. The molecule has 0 spiro atoms. The predicted molar refractivity (Wildman–Crippen MR) is 70.9 cm³/mol. The monoisotopic (exact) mass is 295 g/mol. The van der Waals surface area contributed by atoms with Crippen LogP contribution in [-0.4, -0.2) is 5.78 Å². The zero-order valence-corrected chi connectivity index (χ0v) is 10.8. The summed E-state index contributed by atoms with van der Waals surface area (Å²) in [4.78, 5) is 13.0. The van der Waals surface area contributed by atoms with E-state index in [9.17, 15) is 4.79 Å². The molecule has 0 bridgehead atoms. The Kier molecular flexibility index (Phi) is 3.41. The molecule has 0 aliphatic heterocycles. The molecule has 0 aliphatic carbocycles. The number of anilines is 1. The molecule has 0 atom stereocenters. The van der Waals surface area contributed by atoms with E-state index in [0.29, 0.717) is 17.7 Å². The van der Waals surface area contributed by atoms with Crippen LogP contribution in [0.25, 0.3) is 0 Å². The van der Waals surface area contributed by atoms with Crippen LogP contribution in [0.4, 0.5) is 5.69 Å². The van der Waals surface area contributed by atoms with Crippen molar-refractivity contribution in [3.63, 3.8) is 0 Å². The molecule has 4 heteroatoms. The van der Waals surface area contributed by atoms with Gasteiger partial charge >= 0.3 is 0 Å². The molecule has 0 aliphatic rings. The Bertz CT molecular complexity index is 521. The van der Waals surface area contributed by atoms with Crippen LogP contribution < -0.4 is 5.73 Å². The number of carbonyl (C=O) groups excluding carboxylic acids is 1. The van der Waals surface area contributed by atoms with Crippen LogP contribution in [0.1, 0.15) is 15.2 Å². The molecule has 1 aromatic heterocycles. The summed E-state index contributed by atoms with van der Waals surface area (Å²) in [6.45, 7) is 0. The summed E-state index contributed by atoms with van der Waals surface area (Å²) < 4.78 is 1.02. The van der Waals surface area contributed by atoms with Gasteiger partial charge in [0.2, 0.25) is 0 Å². The van der Waals surface area contributed by atoms with E-state index in [-0.39, 0.29) is 5.78 Å². The number of thiophene rings is 1. The van der Waals surface area contributed by atoms with Crippen molar-refractivity contribution in [2.75, 3.05) is 5.73 Å². The molecule has 0 radical (unpaired) electrons. The number of benzene rings is 1. The molecule has 2 N–H and O–H groups in total. The molecule has 0 saturated heterocycles. The van der Waals surface area contributed by atoms with Gasteiger partial charge in [-0.3, -0.25) is 4.79 Å². The van der Waals surface area contributed by atoms with Gasteiger partial charge in [0.05, 0.1) is 0 Å². The number of para-hydroxylation sites is 1. The van der Waals surface area contributed by atoms with Crippen molar-refractivity contribution in [1.29, 1.82) is 0 Å². The Balaban J connectivity index is 2.18. The first-order valence-corrected chi connectivity index (χ1v) is 6.44. The van der Waals surface area contributed by atoms with Gasteiger partial charge in [-0.15, -0.1) is 11.3 Å². The molecule has 0 fully saturated rings. The maximum atomic E-state index is 12.0. The Morgan fingerprint density at radius 1 is 1.38 bits per heavy atom. The third-order valence-electron chi connectivity index (χ3n) is 2.22. The van der Waals surface area contributed by atoms with Gasteiger partial charge in [-0.05, 0) is 34.1 Å². The first-order chi connectivity index (χ1) is 7.66. The van der Waals surface area contributed by atoms with Crippen molar-refractivity contribution in [2.45, 2.75) is 6.42 Å². The van der Waals surface area contributed by atoms with Crippen molar-refractivity contribution < 1.29 is 4.79 Å². The number of halogens is 1. The fraction of sp³-hybridized carbons (Fsp3) is 0.0833. The summed E-state index contributed by atoms with van der Waals surface area (Å²) in [5, 5.41) is 1.97. The van der Waals surface area contributed by atoms with E-state index < -0.39 is 0 Å². The highest BCUT2D eigenvalue weighted by molar-refractivity contribution is 9.10. The van der Waals surface area contributed by atoms with E-state index in [1.54, 1.807) is 23.5 Å². The summed E-state index contributed by atoms with van der Waals surface area (Å²) in [6.07, 6.45) is 0.407. The minimum Gasteiger partial charge on any atom is -0.398 e. The van der Waals surface area contributed by atoms with Gasteiger partial charge < -0.3 is 5.73 Å². The molecule has 82 valence electrons. The topological polar surface area (TPSA) is 43.1 Å². The van der Waals surface area contributed by atoms with Crippen molar-refractivity contribution in [3.05, 3.63) is 50.6 Å². The van der Waals surface area contributed by atoms with Crippen molar-refractivity contribution in [2.24, 2.45) is 0 Å². The smallest absolute Gasteiger partial charge is 0.170 e. The number of nitrogens with two attached hydrogens (primary N) is 1. The van der Waals surface area contributed by atoms with E-state index in [1.165, 1.54) is 0 Å². The molecular formula is C12H10BrNOS. The van der Waals surface area contributed by atoms with Crippen LogP contribution in [0.15, 0.2) is 40.2 Å². The molecule has 0 saturated carbocycles. The van der Waals surface area contributed by atoms with Gasteiger partial charge in [0.15, 0.2) is 5.78 Å². The van der Waals surface area contributed by atoms with Crippen molar-refractivity contribution in [1.82, 2.24) is 0 Å². The third-order valence-corrected chi connectivity index (χ3v) is 3.92. The highest BCUT2D eigenvalue weighted by Gasteiger charge is 2.10. The maximum Gasteiger partial charge on any atom is 0.170 e. The lowest BCUT2D eigenvalue weighted by molar-refractivity contribution is 0.0994. The van der Waals surface area contributed by atoms with Crippen LogP contribution in [0.5, 0.6) is 0 Å². The number of rotatable bonds is 3. The molecule has 1 heterocycles. The molecule has 2 rings (SSSR count). The molecule has 0 unspecified atom stereocenters. The molecule has 0 amide bonds. The minimum atomic E-state index is 0.0625. The maximum absolute atomic E-state index is 12.0. The van der Waals surface area contributed by atoms with Gasteiger partial charge in [-0.1, -0.05) is 12.1 Å². The zero-order valence-electron chi connectivity index (χ0n) is 8.44. The van der Waals surface area contributed by atoms with Gasteiger partial charge in [0.1, 0.15) is 0 Å². The minimum absolute atomic E-state index is 0.0625. The van der Waals surface area contributed by atoms with Crippen LogP contribution in [0.2, 0.25) is 0 Å². The fourth-order valence-electron chi connectivity index (χ4n) is 1.45. The number of hydrogen-bond acceptors (Lipinski definition) is 3. The van der Waals surface area contributed by atoms with Gasteiger partial charge in [0.25, 0.3) is 0 Å². The van der Waals surface area contributed by atoms with Crippen LogP contribution >= 0.6 is 27.3 Å². The van der Waals surface area contributed by atoms with E-state index in [4.69, 9.17) is 5.73 Å². The van der Waals surface area contributed by atoms with Crippen LogP contribution in [0, 0.1) is 0 Å². The van der Waals surface area contributed by atoms with E-state index in [2.05, 4.69) is 15.9 Å². The highest BCUT2D eigenvalue weighted by atomic mass is 79.9. The summed E-state index contributed by atoms with van der Waals surface area (Å²) in [5.41, 5.74) is 6.90. The quantitative estimate of drug-likeness (QED) is 0.695. The molecule has 2 aromatic rings. The summed E-state index contributed by atoms with van der Waals surface area (Å²) in [5.74, 6) is 0.0625. The van der Waals surface area contributed by atoms with E-state index >= 15 is 0 Å². The first kappa shape index (κ1) is 11.4. The highest BCUT2D eigenvalue weighted by Crippen LogP contribution is 2.22. The predicted octanol–water partition coefficient (Wildman–Crippen LogP) is 3.52. The van der Waals surface area contributed by atoms with Gasteiger partial charge in [0, 0.05) is 32.4 Å². The average Bonchev–Trinajstić information content (AvgIpc) is 2.64. The van der Waals surface area contributed by atoms with E-state index in [1.807, 2.05) is 23.6 Å². The summed E-state index contributed by atoms with van der Waals surface area (Å²) >= 11 is 4.94. The molecular weight excluding hydrogens is 286 g/mol. The standard InChI is InChI=1S/C12H10BrNOS/c13-8-5-9(16-7-8)6-12(15)10-3-1-2-4-11(10)14/h1-5,7H,6,14H2. The second-order valence-corrected chi connectivity index (χ2v) is 5.33. The summed E-state index contributed by atoms with van der Waals surface area (Å²) in [7, 11) is 0. The van der Waals surface area contributed by atoms with Gasteiger partial charge in [-0.25, -0.2) is 0 Å². The second kappa shape index (κ2) is 4.80. The number of ketones is 1. The normalized spacial score (nSPS) is 10.3. The van der Waals surface area contributed by atoms with Crippen LogP contribution in [-0.2, 0) is 6.42 Å². The van der Waals surface area contributed by atoms with E-state index in [0.717, 1.165) is 9.35 Å². The van der Waals surface area contributed by atoms with Crippen LogP contribution in [0.3, 0.4) is 0 Å². The fourth-order valence-corrected chi connectivity index (χ4v) is 2.90. The Labute approximate surface area is 106 Å². The molecule has 1 aromatic carbocycles. The SMILES string of the molecule is Nc1ccccc1C(=O)Cc1cc(Br)cs1. The van der Waals surface area contributed by atoms with Gasteiger partial charge in [-0.2, -0.15) is 0 Å². The zero-order chi connectivity index (χ0) is 11.5. The Morgan fingerprint density at radius 2 is 2.12 bits per heavy atom. The first-order valence-electron chi connectivity index (χ1n) is 4.77.